The molecule has 0 aliphatic heterocycles. The van der Waals surface area contributed by atoms with Crippen LogP contribution in [0.3, 0.4) is 0 Å². The second-order valence-electron chi connectivity index (χ2n) is 4.60. The standard InChI is InChI=1S/C14H9BrCl2N4O2/c1-7-4-12(19-14(22)10-2-3-11(15)23-10)21(20-7)13-9(17)5-8(16)6-18-13/h2-6H,1H3,(H,19,22). The van der Waals surface area contributed by atoms with E-state index in [9.17, 15) is 4.79 Å². The van der Waals surface area contributed by atoms with Crippen LogP contribution in [0.15, 0.2) is 39.5 Å². The van der Waals surface area contributed by atoms with E-state index in [0.29, 0.717) is 32.0 Å². The summed E-state index contributed by atoms with van der Waals surface area (Å²) in [5.74, 6) is 0.524. The minimum absolute atomic E-state index is 0.164. The highest BCUT2D eigenvalue weighted by Gasteiger charge is 2.17. The van der Waals surface area contributed by atoms with Gasteiger partial charge in [0.2, 0.25) is 0 Å². The number of carbonyl (C=O) groups excluding carboxylic acids is 1. The van der Waals surface area contributed by atoms with Crippen molar-refractivity contribution in [3.63, 3.8) is 0 Å². The van der Waals surface area contributed by atoms with Crippen molar-refractivity contribution < 1.29 is 9.21 Å². The van der Waals surface area contributed by atoms with E-state index in [-0.39, 0.29) is 5.76 Å². The molecule has 0 bridgehead atoms. The zero-order valence-corrected chi connectivity index (χ0v) is 14.8. The van der Waals surface area contributed by atoms with Gasteiger partial charge in [-0.2, -0.15) is 9.78 Å². The molecule has 0 aliphatic carbocycles. The van der Waals surface area contributed by atoms with Gasteiger partial charge in [-0.15, -0.1) is 0 Å². The SMILES string of the molecule is Cc1cc(NC(=O)c2ccc(Br)o2)n(-c2ncc(Cl)cc2Cl)n1. The number of nitrogens with zero attached hydrogens (tertiary/aromatic N) is 3. The molecule has 0 spiro atoms. The van der Waals surface area contributed by atoms with E-state index in [4.69, 9.17) is 27.6 Å². The van der Waals surface area contributed by atoms with Crippen LogP contribution in [0.2, 0.25) is 10.0 Å². The summed E-state index contributed by atoms with van der Waals surface area (Å²) in [6.45, 7) is 1.79. The first-order valence-corrected chi connectivity index (χ1v) is 7.93. The molecule has 6 nitrogen and oxygen atoms in total. The summed E-state index contributed by atoms with van der Waals surface area (Å²) < 4.78 is 7.13. The summed E-state index contributed by atoms with van der Waals surface area (Å²) in [4.78, 5) is 16.4. The number of furan rings is 1. The molecule has 0 radical (unpaired) electrons. The van der Waals surface area contributed by atoms with Crippen LogP contribution in [0.25, 0.3) is 5.82 Å². The van der Waals surface area contributed by atoms with Gasteiger partial charge in [-0.05, 0) is 41.1 Å². The van der Waals surface area contributed by atoms with E-state index in [2.05, 4.69) is 31.3 Å². The number of aromatic nitrogens is 3. The molecule has 3 heterocycles. The van der Waals surface area contributed by atoms with Crippen LogP contribution in [0, 0.1) is 6.92 Å². The summed E-state index contributed by atoms with van der Waals surface area (Å²) in [7, 11) is 0. The van der Waals surface area contributed by atoms with E-state index < -0.39 is 5.91 Å². The first-order chi connectivity index (χ1) is 10.9. The molecule has 118 valence electrons. The Morgan fingerprint density at radius 2 is 2.13 bits per heavy atom. The molecule has 1 amide bonds. The zero-order chi connectivity index (χ0) is 16.6. The van der Waals surface area contributed by atoms with Crippen LogP contribution in [-0.4, -0.2) is 20.7 Å². The number of hydrogen-bond donors (Lipinski definition) is 1. The van der Waals surface area contributed by atoms with Gasteiger partial charge < -0.3 is 9.73 Å². The number of aryl methyl sites for hydroxylation is 1. The van der Waals surface area contributed by atoms with E-state index in [1.807, 2.05) is 0 Å². The maximum Gasteiger partial charge on any atom is 0.292 e. The lowest BCUT2D eigenvalue weighted by atomic mass is 10.4. The molecule has 0 atom stereocenters. The first-order valence-electron chi connectivity index (χ1n) is 6.39. The number of nitrogens with one attached hydrogen (secondary N) is 1. The molecule has 0 aliphatic rings. The van der Waals surface area contributed by atoms with Crippen molar-refractivity contribution in [3.05, 3.63) is 56.6 Å². The van der Waals surface area contributed by atoms with Gasteiger partial charge in [0.05, 0.1) is 15.7 Å². The van der Waals surface area contributed by atoms with Crippen LogP contribution >= 0.6 is 39.1 Å². The summed E-state index contributed by atoms with van der Waals surface area (Å²) in [5, 5.41) is 7.74. The highest BCUT2D eigenvalue weighted by molar-refractivity contribution is 9.10. The lowest BCUT2D eigenvalue weighted by Gasteiger charge is -2.08. The van der Waals surface area contributed by atoms with Gasteiger partial charge in [-0.1, -0.05) is 23.2 Å². The van der Waals surface area contributed by atoms with E-state index in [0.717, 1.165) is 0 Å². The van der Waals surface area contributed by atoms with Crippen LogP contribution in [0.4, 0.5) is 5.82 Å². The largest absolute Gasteiger partial charge is 0.444 e. The molecule has 0 fully saturated rings. The molecule has 0 saturated heterocycles. The molecule has 23 heavy (non-hydrogen) atoms. The highest BCUT2D eigenvalue weighted by atomic mass is 79.9. The van der Waals surface area contributed by atoms with Crippen LogP contribution in [-0.2, 0) is 0 Å². The van der Waals surface area contributed by atoms with Crippen molar-refractivity contribution in [1.29, 1.82) is 0 Å². The predicted octanol–water partition coefficient (Wildman–Crippen LogP) is 4.49. The maximum absolute atomic E-state index is 12.2. The van der Waals surface area contributed by atoms with Crippen molar-refractivity contribution in [1.82, 2.24) is 14.8 Å². The predicted molar refractivity (Wildman–Crippen MR) is 90.5 cm³/mol. The third kappa shape index (κ3) is 3.41. The highest BCUT2D eigenvalue weighted by Crippen LogP contribution is 2.25. The van der Waals surface area contributed by atoms with Gasteiger partial charge in [0.15, 0.2) is 16.2 Å². The number of hydrogen-bond acceptors (Lipinski definition) is 4. The molecule has 0 aromatic carbocycles. The van der Waals surface area contributed by atoms with E-state index in [1.54, 1.807) is 31.2 Å². The molecule has 1 N–H and O–H groups in total. The summed E-state index contributed by atoms with van der Waals surface area (Å²) in [6.07, 6.45) is 1.45. The van der Waals surface area contributed by atoms with Crippen LogP contribution in [0.1, 0.15) is 16.2 Å². The van der Waals surface area contributed by atoms with Crippen molar-refractivity contribution in [2.75, 3.05) is 5.32 Å². The smallest absolute Gasteiger partial charge is 0.292 e. The van der Waals surface area contributed by atoms with Gasteiger partial charge >= 0.3 is 0 Å². The maximum atomic E-state index is 12.2. The second kappa shape index (κ2) is 6.35. The zero-order valence-electron chi connectivity index (χ0n) is 11.7. The second-order valence-corrected chi connectivity index (χ2v) is 6.22. The fraction of sp³-hybridized carbons (Fsp3) is 0.0714. The molecular formula is C14H9BrCl2N4O2. The lowest BCUT2D eigenvalue weighted by molar-refractivity contribution is 0.0994. The number of halogens is 3. The Balaban J connectivity index is 1.96. The van der Waals surface area contributed by atoms with Gasteiger partial charge in [-0.3, -0.25) is 4.79 Å². The van der Waals surface area contributed by atoms with E-state index >= 15 is 0 Å². The van der Waals surface area contributed by atoms with Crippen LogP contribution in [0.5, 0.6) is 0 Å². The van der Waals surface area contributed by atoms with E-state index in [1.165, 1.54) is 10.9 Å². The van der Waals surface area contributed by atoms with Crippen molar-refractivity contribution >= 4 is 50.9 Å². The normalized spacial score (nSPS) is 10.8. The molecule has 0 saturated carbocycles. The Morgan fingerprint density at radius 1 is 1.35 bits per heavy atom. The third-order valence-corrected chi connectivity index (χ3v) is 3.77. The summed E-state index contributed by atoms with van der Waals surface area (Å²) in [5.41, 5.74) is 0.689. The van der Waals surface area contributed by atoms with Gasteiger partial charge in [0.25, 0.3) is 5.91 Å². The average molecular weight is 416 g/mol. The molecule has 3 rings (SSSR count). The Hall–Kier alpha value is -1.83. The Morgan fingerprint density at radius 3 is 2.78 bits per heavy atom. The third-order valence-electron chi connectivity index (χ3n) is 2.86. The van der Waals surface area contributed by atoms with Gasteiger partial charge in [0.1, 0.15) is 5.82 Å². The molecule has 3 aromatic heterocycles. The van der Waals surface area contributed by atoms with Crippen molar-refractivity contribution in [2.24, 2.45) is 0 Å². The minimum atomic E-state index is -0.415. The number of pyridine rings is 1. The molecule has 3 aromatic rings. The number of anilines is 1. The van der Waals surface area contributed by atoms with Crippen LogP contribution < -0.4 is 5.32 Å². The Bertz CT molecular complexity index is 891. The van der Waals surface area contributed by atoms with Gasteiger partial charge in [-0.25, -0.2) is 4.98 Å². The minimum Gasteiger partial charge on any atom is -0.444 e. The lowest BCUT2D eigenvalue weighted by Crippen LogP contribution is -2.15. The topological polar surface area (TPSA) is 73.0 Å². The van der Waals surface area contributed by atoms with Crippen molar-refractivity contribution in [2.45, 2.75) is 6.92 Å². The van der Waals surface area contributed by atoms with Gasteiger partial charge in [0, 0.05) is 12.3 Å². The fourth-order valence-corrected chi connectivity index (χ4v) is 2.69. The molecule has 9 heteroatoms. The van der Waals surface area contributed by atoms with Crippen molar-refractivity contribution in [3.8, 4) is 5.82 Å². The number of amides is 1. The first kappa shape index (κ1) is 16.0. The number of rotatable bonds is 3. The number of carbonyl (C=O) groups is 1. The molecular weight excluding hydrogens is 407 g/mol. The summed E-state index contributed by atoms with van der Waals surface area (Å²) in [6, 6.07) is 6.44. The Kier molecular flexibility index (Phi) is 4.43. The Labute approximate surface area is 149 Å². The average Bonchev–Trinajstić information content (AvgIpc) is 3.05. The summed E-state index contributed by atoms with van der Waals surface area (Å²) >= 11 is 15.2. The monoisotopic (exact) mass is 414 g/mol. The fourth-order valence-electron chi connectivity index (χ4n) is 1.93. The molecule has 0 unspecified atom stereocenters. The quantitative estimate of drug-likeness (QED) is 0.683.